The molecule has 0 unspecified atom stereocenters. The van der Waals surface area contributed by atoms with E-state index in [1.54, 1.807) is 24.5 Å². The minimum Gasteiger partial charge on any atom is -0.478 e. The van der Waals surface area contributed by atoms with Crippen molar-refractivity contribution in [1.29, 1.82) is 0 Å². The zero-order valence-corrected chi connectivity index (χ0v) is 13.4. The highest BCUT2D eigenvalue weighted by Gasteiger charge is 2.28. The number of carbonyl (C=O) groups excluding carboxylic acids is 1. The van der Waals surface area contributed by atoms with Gasteiger partial charge in [-0.15, -0.1) is 0 Å². The molecule has 0 radical (unpaired) electrons. The summed E-state index contributed by atoms with van der Waals surface area (Å²) in [7, 11) is 0. The molecule has 0 saturated carbocycles. The van der Waals surface area contributed by atoms with Gasteiger partial charge in [-0.25, -0.2) is 4.98 Å². The molecule has 6 nitrogen and oxygen atoms in total. The van der Waals surface area contributed by atoms with E-state index in [-0.39, 0.29) is 11.9 Å². The average molecular weight is 314 g/mol. The van der Waals surface area contributed by atoms with Gasteiger partial charge >= 0.3 is 0 Å². The number of likely N-dealkylation sites (tertiary alicyclic amines) is 1. The Morgan fingerprint density at radius 2 is 2.30 bits per heavy atom. The van der Waals surface area contributed by atoms with Crippen LogP contribution in [0.1, 0.15) is 36.5 Å². The van der Waals surface area contributed by atoms with E-state index in [1.807, 2.05) is 28.8 Å². The standard InChI is InChI=1S/C17H22N4O2/c1-2-23-16-8-7-14(12-18-16)17(22)21-11-4-3-6-15(21)13-20-10-5-9-19-20/h5,7-10,12,15H,2-4,6,11,13H2,1H3/t15-/m0/s1. The topological polar surface area (TPSA) is 60.2 Å². The lowest BCUT2D eigenvalue weighted by Gasteiger charge is -2.35. The van der Waals surface area contributed by atoms with Crippen molar-refractivity contribution in [2.24, 2.45) is 0 Å². The van der Waals surface area contributed by atoms with Crippen LogP contribution in [0.15, 0.2) is 36.8 Å². The molecule has 23 heavy (non-hydrogen) atoms. The largest absolute Gasteiger partial charge is 0.478 e. The smallest absolute Gasteiger partial charge is 0.255 e. The number of amides is 1. The normalized spacial score (nSPS) is 18.0. The number of aromatic nitrogens is 3. The number of pyridine rings is 1. The van der Waals surface area contributed by atoms with Crippen molar-refractivity contribution in [3.8, 4) is 5.88 Å². The fourth-order valence-electron chi connectivity index (χ4n) is 2.99. The molecule has 2 aromatic heterocycles. The van der Waals surface area contributed by atoms with E-state index in [1.165, 1.54) is 0 Å². The molecule has 1 aliphatic heterocycles. The van der Waals surface area contributed by atoms with Crippen LogP contribution in [0, 0.1) is 0 Å². The predicted octanol–water partition coefficient (Wildman–Crippen LogP) is 2.37. The molecular weight excluding hydrogens is 292 g/mol. The Hall–Kier alpha value is -2.37. The van der Waals surface area contributed by atoms with Crippen molar-refractivity contribution < 1.29 is 9.53 Å². The Morgan fingerprint density at radius 1 is 1.39 bits per heavy atom. The van der Waals surface area contributed by atoms with E-state index in [0.717, 1.165) is 32.4 Å². The molecule has 1 amide bonds. The summed E-state index contributed by atoms with van der Waals surface area (Å²) >= 11 is 0. The molecule has 0 bridgehead atoms. The zero-order chi connectivity index (χ0) is 16.1. The van der Waals surface area contributed by atoms with Gasteiger partial charge in [-0.05, 0) is 38.3 Å². The Kier molecular flexibility index (Phi) is 4.90. The number of hydrogen-bond acceptors (Lipinski definition) is 4. The molecule has 0 N–H and O–H groups in total. The molecule has 3 rings (SSSR count). The first-order valence-electron chi connectivity index (χ1n) is 8.15. The summed E-state index contributed by atoms with van der Waals surface area (Å²) in [5, 5.41) is 4.26. The molecule has 1 fully saturated rings. The summed E-state index contributed by atoms with van der Waals surface area (Å²) in [6.45, 7) is 4.01. The first kappa shape index (κ1) is 15.5. The molecule has 0 spiro atoms. The summed E-state index contributed by atoms with van der Waals surface area (Å²) in [6.07, 6.45) is 8.52. The second-order valence-corrected chi connectivity index (χ2v) is 5.69. The van der Waals surface area contributed by atoms with Crippen LogP contribution in [-0.4, -0.2) is 44.8 Å². The minimum absolute atomic E-state index is 0.0393. The molecule has 122 valence electrons. The van der Waals surface area contributed by atoms with E-state index in [2.05, 4.69) is 10.1 Å². The Bertz CT molecular complexity index is 625. The van der Waals surface area contributed by atoms with Gasteiger partial charge in [-0.3, -0.25) is 9.48 Å². The summed E-state index contributed by atoms with van der Waals surface area (Å²) in [4.78, 5) is 19.0. The van der Waals surface area contributed by atoms with Gasteiger partial charge in [-0.2, -0.15) is 5.10 Å². The maximum atomic E-state index is 12.8. The number of rotatable bonds is 5. The highest BCUT2D eigenvalue weighted by Crippen LogP contribution is 2.21. The number of nitrogens with zero attached hydrogens (tertiary/aromatic N) is 4. The van der Waals surface area contributed by atoms with Crippen LogP contribution in [0.5, 0.6) is 5.88 Å². The minimum atomic E-state index is 0.0393. The first-order valence-corrected chi connectivity index (χ1v) is 8.15. The molecule has 1 saturated heterocycles. The quantitative estimate of drug-likeness (QED) is 0.850. The second kappa shape index (κ2) is 7.26. The third-order valence-electron chi connectivity index (χ3n) is 4.12. The highest BCUT2D eigenvalue weighted by atomic mass is 16.5. The van der Waals surface area contributed by atoms with Crippen molar-refractivity contribution in [1.82, 2.24) is 19.7 Å². The highest BCUT2D eigenvalue weighted by molar-refractivity contribution is 5.94. The number of hydrogen-bond donors (Lipinski definition) is 0. The molecule has 3 heterocycles. The van der Waals surface area contributed by atoms with E-state index >= 15 is 0 Å². The molecule has 2 aromatic rings. The lowest BCUT2D eigenvalue weighted by atomic mass is 10.0. The van der Waals surface area contributed by atoms with Crippen LogP contribution in [0.25, 0.3) is 0 Å². The Labute approximate surface area is 136 Å². The predicted molar refractivity (Wildman–Crippen MR) is 86.3 cm³/mol. The van der Waals surface area contributed by atoms with Gasteiger partial charge in [0.25, 0.3) is 5.91 Å². The van der Waals surface area contributed by atoms with Crippen LogP contribution >= 0.6 is 0 Å². The molecule has 1 atom stereocenters. The Balaban J connectivity index is 1.72. The van der Waals surface area contributed by atoms with Gasteiger partial charge in [0.1, 0.15) is 0 Å². The monoisotopic (exact) mass is 314 g/mol. The van der Waals surface area contributed by atoms with E-state index < -0.39 is 0 Å². The van der Waals surface area contributed by atoms with Crippen molar-refractivity contribution in [3.63, 3.8) is 0 Å². The van der Waals surface area contributed by atoms with Crippen molar-refractivity contribution in [2.75, 3.05) is 13.2 Å². The maximum Gasteiger partial charge on any atom is 0.255 e. The summed E-state index contributed by atoms with van der Waals surface area (Å²) < 4.78 is 7.23. The summed E-state index contributed by atoms with van der Waals surface area (Å²) in [5.74, 6) is 0.591. The van der Waals surface area contributed by atoms with Crippen LogP contribution < -0.4 is 4.74 Å². The van der Waals surface area contributed by atoms with Crippen molar-refractivity contribution in [3.05, 3.63) is 42.4 Å². The fraction of sp³-hybridized carbons (Fsp3) is 0.471. The van der Waals surface area contributed by atoms with Crippen LogP contribution in [0.4, 0.5) is 0 Å². The number of ether oxygens (including phenoxy) is 1. The van der Waals surface area contributed by atoms with Crippen molar-refractivity contribution in [2.45, 2.75) is 38.8 Å². The van der Waals surface area contributed by atoms with Crippen molar-refractivity contribution >= 4 is 5.91 Å². The molecular formula is C17H22N4O2. The molecule has 1 aliphatic rings. The summed E-state index contributed by atoms with van der Waals surface area (Å²) in [6, 6.07) is 5.64. The third kappa shape index (κ3) is 3.70. The average Bonchev–Trinajstić information content (AvgIpc) is 3.09. The number of piperidine rings is 1. The Morgan fingerprint density at radius 3 is 3.00 bits per heavy atom. The molecule has 6 heteroatoms. The van der Waals surface area contributed by atoms with E-state index in [9.17, 15) is 4.79 Å². The van der Waals surface area contributed by atoms with E-state index in [4.69, 9.17) is 4.74 Å². The van der Waals surface area contributed by atoms with Crippen LogP contribution in [-0.2, 0) is 6.54 Å². The maximum absolute atomic E-state index is 12.8. The van der Waals surface area contributed by atoms with E-state index in [0.29, 0.717) is 18.1 Å². The van der Waals surface area contributed by atoms with Crippen LogP contribution in [0.3, 0.4) is 0 Å². The van der Waals surface area contributed by atoms with Gasteiger partial charge in [0.05, 0.1) is 24.8 Å². The van der Waals surface area contributed by atoms with Crippen LogP contribution in [0.2, 0.25) is 0 Å². The summed E-state index contributed by atoms with van der Waals surface area (Å²) in [5.41, 5.74) is 0.612. The third-order valence-corrected chi connectivity index (χ3v) is 4.12. The van der Waals surface area contributed by atoms with Gasteiger partial charge < -0.3 is 9.64 Å². The second-order valence-electron chi connectivity index (χ2n) is 5.69. The lowest BCUT2D eigenvalue weighted by molar-refractivity contribution is 0.0583. The number of carbonyl (C=O) groups is 1. The van der Waals surface area contributed by atoms with Gasteiger partial charge in [0.15, 0.2) is 0 Å². The van der Waals surface area contributed by atoms with Gasteiger partial charge in [0.2, 0.25) is 5.88 Å². The lowest BCUT2D eigenvalue weighted by Crippen LogP contribution is -2.46. The van der Waals surface area contributed by atoms with Gasteiger partial charge in [0, 0.05) is 31.2 Å². The molecule has 0 aliphatic carbocycles. The SMILES string of the molecule is CCOc1ccc(C(=O)N2CCCC[C@H]2Cn2cccn2)cn1. The zero-order valence-electron chi connectivity index (χ0n) is 13.4. The van der Waals surface area contributed by atoms with Gasteiger partial charge in [-0.1, -0.05) is 0 Å². The fourth-order valence-corrected chi connectivity index (χ4v) is 2.99. The first-order chi connectivity index (χ1) is 11.3. The molecule has 0 aromatic carbocycles.